The summed E-state index contributed by atoms with van der Waals surface area (Å²) in [6.07, 6.45) is -2.51. The van der Waals surface area contributed by atoms with E-state index in [1.165, 1.54) is 6.07 Å². The fraction of sp³-hybridized carbons (Fsp3) is 0.385. The number of fused-ring (bicyclic) bond motifs is 3. The maximum atomic E-state index is 13.5. The number of carbonyl (C=O) groups excluding carboxylic acids is 2. The van der Waals surface area contributed by atoms with Crippen LogP contribution >= 0.6 is 0 Å². The van der Waals surface area contributed by atoms with Crippen LogP contribution in [-0.2, 0) is 28.6 Å². The van der Waals surface area contributed by atoms with Crippen molar-refractivity contribution in [2.45, 2.75) is 51.7 Å². The monoisotopic (exact) mass is 486 g/mol. The topological polar surface area (TPSA) is 86.0 Å². The van der Waals surface area contributed by atoms with Crippen LogP contribution in [0.5, 0.6) is 0 Å². The molecule has 1 aromatic heterocycles. The first-order valence-corrected chi connectivity index (χ1v) is 11.8. The zero-order chi connectivity index (χ0) is 25.2. The number of carbonyl (C=O) groups is 2. The van der Waals surface area contributed by atoms with E-state index in [2.05, 4.69) is 21.2 Å². The number of hydrogen-bond donors (Lipinski definition) is 4. The van der Waals surface area contributed by atoms with E-state index in [9.17, 15) is 22.8 Å². The van der Waals surface area contributed by atoms with Gasteiger partial charge < -0.3 is 10.3 Å². The predicted octanol–water partition coefficient (Wildman–Crippen LogP) is 4.97. The second-order valence-electron chi connectivity index (χ2n) is 9.10. The fourth-order valence-corrected chi connectivity index (χ4v) is 4.61. The fourth-order valence-electron chi connectivity index (χ4n) is 4.61. The molecule has 1 aliphatic rings. The molecule has 0 bridgehead atoms. The molecule has 4 rings (SSSR count). The summed E-state index contributed by atoms with van der Waals surface area (Å²) in [6.45, 7) is 3.84. The first-order chi connectivity index (χ1) is 16.7. The number of H-pyrrole nitrogens is 1. The molecule has 0 fully saturated rings. The van der Waals surface area contributed by atoms with Crippen LogP contribution in [0.1, 0.15) is 43.5 Å². The maximum absolute atomic E-state index is 13.5. The normalized spacial score (nSPS) is 17.3. The average molecular weight is 487 g/mol. The van der Waals surface area contributed by atoms with Crippen LogP contribution in [0.4, 0.5) is 18.9 Å². The highest BCUT2D eigenvalue weighted by Crippen LogP contribution is 2.39. The van der Waals surface area contributed by atoms with Crippen LogP contribution in [0.3, 0.4) is 0 Å². The van der Waals surface area contributed by atoms with Gasteiger partial charge in [-0.05, 0) is 48.9 Å². The molecule has 186 valence electrons. The molecule has 4 N–H and O–H groups in total. The van der Waals surface area contributed by atoms with E-state index < -0.39 is 23.7 Å². The number of anilines is 1. The molecule has 0 spiro atoms. The molecule has 1 aliphatic carbocycles. The van der Waals surface area contributed by atoms with Crippen molar-refractivity contribution >= 4 is 28.4 Å². The second-order valence-corrected chi connectivity index (χ2v) is 9.10. The molecule has 3 aromatic rings. The Hall–Kier alpha value is -3.49. The highest BCUT2D eigenvalue weighted by atomic mass is 19.4. The molecule has 0 radical (unpaired) electrons. The number of nitrogens with one attached hydrogen (secondary N) is 4. The van der Waals surface area contributed by atoms with Crippen LogP contribution in [0.2, 0.25) is 0 Å². The number of aromatic nitrogens is 1. The third kappa shape index (κ3) is 5.28. The van der Waals surface area contributed by atoms with Crippen LogP contribution in [0, 0.1) is 11.8 Å². The largest absolute Gasteiger partial charge is 0.418 e. The van der Waals surface area contributed by atoms with Gasteiger partial charge in [0.05, 0.1) is 16.8 Å². The van der Waals surface area contributed by atoms with Crippen molar-refractivity contribution in [1.82, 2.24) is 15.7 Å². The van der Waals surface area contributed by atoms with E-state index in [4.69, 9.17) is 0 Å². The SMILES string of the molecule is CCC(C)[C@H](NC(=O)C1CCc2[nH]c3c(C(F)(F)F)cccc3c2C1)C(=O)NNc1ccccc1. The molecule has 6 nitrogen and oxygen atoms in total. The van der Waals surface area contributed by atoms with Gasteiger partial charge in [-0.25, -0.2) is 0 Å². The minimum Gasteiger partial charge on any atom is -0.358 e. The highest BCUT2D eigenvalue weighted by molar-refractivity contribution is 5.91. The van der Waals surface area contributed by atoms with Crippen LogP contribution in [-0.4, -0.2) is 22.8 Å². The Kier molecular flexibility index (Phi) is 7.05. The van der Waals surface area contributed by atoms with Gasteiger partial charge >= 0.3 is 6.18 Å². The average Bonchev–Trinajstić information content (AvgIpc) is 3.23. The summed E-state index contributed by atoms with van der Waals surface area (Å²) in [4.78, 5) is 29.0. The summed E-state index contributed by atoms with van der Waals surface area (Å²) in [6, 6.07) is 12.5. The quantitative estimate of drug-likeness (QED) is 0.356. The van der Waals surface area contributed by atoms with Gasteiger partial charge in [0.25, 0.3) is 5.91 Å². The Morgan fingerprint density at radius 2 is 1.86 bits per heavy atom. The summed E-state index contributed by atoms with van der Waals surface area (Å²) in [5, 5.41) is 3.39. The first kappa shape index (κ1) is 24.6. The van der Waals surface area contributed by atoms with Crippen LogP contribution < -0.4 is 16.2 Å². The molecule has 1 heterocycles. The molecule has 0 saturated heterocycles. The minimum absolute atomic E-state index is 0.0647. The Labute approximate surface area is 201 Å². The molecule has 35 heavy (non-hydrogen) atoms. The van der Waals surface area contributed by atoms with Crippen molar-refractivity contribution in [2.24, 2.45) is 11.8 Å². The standard InChI is InChI=1S/C26H29F3N4O2/c1-3-15(2)22(25(35)33-32-17-8-5-4-6-9-17)31-24(34)16-12-13-21-19(14-16)18-10-7-11-20(23(18)30-21)26(27,28)29/h4-11,15-16,22,30,32H,3,12-14H2,1-2H3,(H,31,34)(H,33,35)/t15?,16?,22-/m0/s1. The molecule has 2 amide bonds. The molecular formula is C26H29F3N4O2. The van der Waals surface area contributed by atoms with Gasteiger partial charge in [0.15, 0.2) is 0 Å². The number of alkyl halides is 3. The number of aromatic amines is 1. The third-order valence-corrected chi connectivity index (χ3v) is 6.80. The lowest BCUT2D eigenvalue weighted by Gasteiger charge is -2.28. The number of hydrogen-bond acceptors (Lipinski definition) is 3. The smallest absolute Gasteiger partial charge is 0.358 e. The van der Waals surface area contributed by atoms with Crippen molar-refractivity contribution in [1.29, 1.82) is 0 Å². The Balaban J connectivity index is 1.48. The molecule has 3 atom stereocenters. The summed E-state index contributed by atoms with van der Waals surface area (Å²) in [7, 11) is 0. The maximum Gasteiger partial charge on any atom is 0.418 e. The summed E-state index contributed by atoms with van der Waals surface area (Å²) in [5.74, 6) is -1.16. The predicted molar refractivity (Wildman–Crippen MR) is 128 cm³/mol. The van der Waals surface area contributed by atoms with Gasteiger partial charge in [-0.3, -0.25) is 20.4 Å². The third-order valence-electron chi connectivity index (χ3n) is 6.80. The number of hydrazine groups is 1. The van der Waals surface area contributed by atoms with Gasteiger partial charge in [-0.2, -0.15) is 13.2 Å². The van der Waals surface area contributed by atoms with E-state index in [1.54, 1.807) is 6.07 Å². The Morgan fingerprint density at radius 3 is 2.54 bits per heavy atom. The van der Waals surface area contributed by atoms with Crippen LogP contribution in [0.25, 0.3) is 10.9 Å². The Morgan fingerprint density at radius 1 is 1.11 bits per heavy atom. The van der Waals surface area contributed by atoms with E-state index in [0.717, 1.165) is 17.3 Å². The number of benzene rings is 2. The Bertz CT molecular complexity index is 1210. The lowest BCUT2D eigenvalue weighted by Crippen LogP contribution is -2.53. The van der Waals surface area contributed by atoms with Crippen molar-refractivity contribution in [3.63, 3.8) is 0 Å². The minimum atomic E-state index is -4.46. The van der Waals surface area contributed by atoms with Gasteiger partial charge in [-0.15, -0.1) is 0 Å². The summed E-state index contributed by atoms with van der Waals surface area (Å²) in [5.41, 5.74) is 7.08. The number of halogens is 3. The molecule has 2 unspecified atom stereocenters. The van der Waals surface area contributed by atoms with Crippen molar-refractivity contribution in [3.8, 4) is 0 Å². The van der Waals surface area contributed by atoms with E-state index in [1.807, 2.05) is 44.2 Å². The number of para-hydroxylation sites is 2. The van der Waals surface area contributed by atoms with E-state index in [-0.39, 0.29) is 23.2 Å². The van der Waals surface area contributed by atoms with Gasteiger partial charge in [0.1, 0.15) is 6.04 Å². The highest BCUT2D eigenvalue weighted by Gasteiger charge is 2.36. The molecule has 0 aliphatic heterocycles. The van der Waals surface area contributed by atoms with Crippen LogP contribution in [0.15, 0.2) is 48.5 Å². The van der Waals surface area contributed by atoms with Gasteiger partial charge in [0, 0.05) is 17.0 Å². The molecule has 2 aromatic carbocycles. The number of amides is 2. The van der Waals surface area contributed by atoms with E-state index in [0.29, 0.717) is 36.8 Å². The zero-order valence-corrected chi connectivity index (χ0v) is 19.6. The lowest BCUT2D eigenvalue weighted by molar-refractivity contribution is -0.136. The number of rotatable bonds is 7. The van der Waals surface area contributed by atoms with Gasteiger partial charge in [0.2, 0.25) is 5.91 Å². The molecule has 9 heteroatoms. The summed E-state index contributed by atoms with van der Waals surface area (Å²) >= 11 is 0. The van der Waals surface area contributed by atoms with Crippen molar-refractivity contribution < 1.29 is 22.8 Å². The molecule has 0 saturated carbocycles. The first-order valence-electron chi connectivity index (χ1n) is 11.8. The van der Waals surface area contributed by atoms with E-state index >= 15 is 0 Å². The van der Waals surface area contributed by atoms with Crippen molar-refractivity contribution in [3.05, 3.63) is 65.4 Å². The summed E-state index contributed by atoms with van der Waals surface area (Å²) < 4.78 is 40.4. The zero-order valence-electron chi connectivity index (χ0n) is 19.6. The number of aryl methyl sites for hydroxylation is 1. The van der Waals surface area contributed by atoms with Gasteiger partial charge in [-0.1, -0.05) is 50.6 Å². The second kappa shape index (κ2) is 10.0. The van der Waals surface area contributed by atoms with Crippen molar-refractivity contribution in [2.75, 3.05) is 5.43 Å². The molecular weight excluding hydrogens is 457 g/mol. The lowest BCUT2D eigenvalue weighted by atomic mass is 9.85.